The second-order valence-electron chi connectivity index (χ2n) is 3.65. The van der Waals surface area contributed by atoms with E-state index in [4.69, 9.17) is 4.74 Å². The number of rotatable bonds is 3. The number of pyridine rings is 1. The largest absolute Gasteiger partial charge is 0.469 e. The van der Waals surface area contributed by atoms with Gasteiger partial charge in [0.15, 0.2) is 0 Å². The van der Waals surface area contributed by atoms with Crippen LogP contribution in [0.4, 0.5) is 5.69 Å². The van der Waals surface area contributed by atoms with E-state index in [1.165, 1.54) is 18.3 Å². The topological polar surface area (TPSA) is 77.3 Å². The molecule has 0 radical (unpaired) electrons. The van der Waals surface area contributed by atoms with Gasteiger partial charge in [-0.05, 0) is 32.0 Å². The molecule has 1 aliphatic heterocycles. The fourth-order valence-corrected chi connectivity index (χ4v) is 1.68. The van der Waals surface area contributed by atoms with Gasteiger partial charge >= 0.3 is 5.69 Å². The first-order valence-electron chi connectivity index (χ1n) is 5.24. The normalized spacial score (nSPS) is 17.0. The third kappa shape index (κ3) is 2.46. The predicted molar refractivity (Wildman–Crippen MR) is 57.4 cm³/mol. The van der Waals surface area contributed by atoms with Gasteiger partial charge in [0.05, 0.1) is 4.92 Å². The lowest BCUT2D eigenvalue weighted by Gasteiger charge is -2.22. The number of hydrogen-bond acceptors (Lipinski definition) is 5. The maximum atomic E-state index is 10.7. The molecule has 0 aromatic carbocycles. The molecule has 16 heavy (non-hydrogen) atoms. The van der Waals surface area contributed by atoms with Crippen LogP contribution in [0, 0.1) is 10.1 Å². The molecule has 1 fully saturated rings. The Morgan fingerprint density at radius 2 is 2.25 bits per heavy atom. The second-order valence-corrected chi connectivity index (χ2v) is 3.65. The van der Waals surface area contributed by atoms with E-state index in [9.17, 15) is 10.1 Å². The van der Waals surface area contributed by atoms with E-state index < -0.39 is 4.92 Å². The molecule has 0 spiro atoms. The minimum atomic E-state index is -0.469. The summed E-state index contributed by atoms with van der Waals surface area (Å²) in [5.41, 5.74) is -0.0685. The molecular formula is C10H13N3O3. The SMILES string of the molecule is O=[N+]([O-])c1cccnc1OC1CCNCC1. The highest BCUT2D eigenvalue weighted by Crippen LogP contribution is 2.25. The van der Waals surface area contributed by atoms with Gasteiger partial charge in [-0.15, -0.1) is 0 Å². The fraction of sp³-hybridized carbons (Fsp3) is 0.500. The summed E-state index contributed by atoms with van der Waals surface area (Å²) in [4.78, 5) is 14.2. The monoisotopic (exact) mass is 223 g/mol. The van der Waals surface area contributed by atoms with Gasteiger partial charge in [0.25, 0.3) is 5.88 Å². The van der Waals surface area contributed by atoms with Crippen molar-refractivity contribution in [3.8, 4) is 5.88 Å². The van der Waals surface area contributed by atoms with Crippen LogP contribution >= 0.6 is 0 Å². The lowest BCUT2D eigenvalue weighted by Crippen LogP contribution is -2.34. The Morgan fingerprint density at radius 3 is 2.94 bits per heavy atom. The van der Waals surface area contributed by atoms with Crippen molar-refractivity contribution < 1.29 is 9.66 Å². The average molecular weight is 223 g/mol. The van der Waals surface area contributed by atoms with Crippen LogP contribution in [0.15, 0.2) is 18.3 Å². The molecule has 1 aromatic rings. The van der Waals surface area contributed by atoms with Gasteiger partial charge in [-0.3, -0.25) is 10.1 Å². The lowest BCUT2D eigenvalue weighted by atomic mass is 10.1. The van der Waals surface area contributed by atoms with Gasteiger partial charge in [-0.1, -0.05) is 0 Å². The summed E-state index contributed by atoms with van der Waals surface area (Å²) in [6.07, 6.45) is 3.24. The highest BCUT2D eigenvalue weighted by Gasteiger charge is 2.21. The van der Waals surface area contributed by atoms with E-state index in [1.807, 2.05) is 0 Å². The van der Waals surface area contributed by atoms with Gasteiger partial charge in [0.1, 0.15) is 6.10 Å². The smallest absolute Gasteiger partial charge is 0.330 e. The van der Waals surface area contributed by atoms with Crippen molar-refractivity contribution >= 4 is 5.69 Å². The number of nitrogens with one attached hydrogen (secondary N) is 1. The summed E-state index contributed by atoms with van der Waals surface area (Å²) in [6, 6.07) is 2.94. The molecular weight excluding hydrogens is 210 g/mol. The van der Waals surface area contributed by atoms with Crippen LogP contribution in [-0.2, 0) is 0 Å². The van der Waals surface area contributed by atoms with Gasteiger partial charge in [-0.2, -0.15) is 0 Å². The molecule has 0 saturated carbocycles. The van der Waals surface area contributed by atoms with Crippen molar-refractivity contribution in [2.45, 2.75) is 18.9 Å². The van der Waals surface area contributed by atoms with Gasteiger partial charge in [-0.25, -0.2) is 4.98 Å². The minimum absolute atomic E-state index is 0.0230. The van der Waals surface area contributed by atoms with Gasteiger partial charge in [0.2, 0.25) is 0 Å². The molecule has 0 atom stereocenters. The Kier molecular flexibility index (Phi) is 3.31. The maximum absolute atomic E-state index is 10.7. The van der Waals surface area contributed by atoms with Crippen LogP contribution in [0.1, 0.15) is 12.8 Å². The van der Waals surface area contributed by atoms with Crippen molar-refractivity contribution in [3.05, 3.63) is 28.4 Å². The molecule has 6 heteroatoms. The first kappa shape index (κ1) is 10.8. The third-order valence-corrected chi connectivity index (χ3v) is 2.51. The Hall–Kier alpha value is -1.69. The van der Waals surface area contributed by atoms with Crippen LogP contribution < -0.4 is 10.1 Å². The number of ether oxygens (including phenoxy) is 1. The third-order valence-electron chi connectivity index (χ3n) is 2.51. The lowest BCUT2D eigenvalue weighted by molar-refractivity contribution is -0.386. The molecule has 0 bridgehead atoms. The molecule has 1 aliphatic rings. The van der Waals surface area contributed by atoms with Crippen molar-refractivity contribution in [3.63, 3.8) is 0 Å². The van der Waals surface area contributed by atoms with E-state index in [1.54, 1.807) is 0 Å². The standard InChI is InChI=1S/C10H13N3O3/c14-13(15)9-2-1-5-12-10(9)16-8-3-6-11-7-4-8/h1-2,5,8,11H,3-4,6-7H2. The number of hydrogen-bond donors (Lipinski definition) is 1. The van der Waals surface area contributed by atoms with Crippen LogP contribution in [-0.4, -0.2) is 29.1 Å². The zero-order valence-electron chi connectivity index (χ0n) is 8.76. The summed E-state index contributed by atoms with van der Waals surface area (Å²) in [7, 11) is 0. The Balaban J connectivity index is 2.10. The molecule has 1 saturated heterocycles. The second kappa shape index (κ2) is 4.89. The first-order chi connectivity index (χ1) is 7.77. The van der Waals surface area contributed by atoms with E-state index in [0.717, 1.165) is 25.9 Å². The molecule has 1 N–H and O–H groups in total. The Bertz CT molecular complexity index is 377. The van der Waals surface area contributed by atoms with Crippen molar-refractivity contribution in [2.24, 2.45) is 0 Å². The molecule has 2 rings (SSSR count). The van der Waals surface area contributed by atoms with E-state index in [0.29, 0.717) is 0 Å². The molecule has 86 valence electrons. The molecule has 1 aromatic heterocycles. The summed E-state index contributed by atoms with van der Waals surface area (Å²) in [5, 5.41) is 13.9. The fourth-order valence-electron chi connectivity index (χ4n) is 1.68. The number of aromatic nitrogens is 1. The average Bonchev–Trinajstić information content (AvgIpc) is 2.31. The zero-order valence-corrected chi connectivity index (χ0v) is 8.76. The Labute approximate surface area is 92.8 Å². The van der Waals surface area contributed by atoms with E-state index >= 15 is 0 Å². The van der Waals surface area contributed by atoms with Gasteiger partial charge in [0, 0.05) is 12.3 Å². The van der Waals surface area contributed by atoms with Crippen LogP contribution in [0.3, 0.4) is 0 Å². The highest BCUT2D eigenvalue weighted by atomic mass is 16.6. The molecule has 2 heterocycles. The van der Waals surface area contributed by atoms with Crippen molar-refractivity contribution in [1.29, 1.82) is 0 Å². The summed E-state index contributed by atoms with van der Waals surface area (Å²) < 4.78 is 5.55. The predicted octanol–water partition coefficient (Wildman–Crippen LogP) is 1.12. The van der Waals surface area contributed by atoms with Crippen LogP contribution in [0.2, 0.25) is 0 Å². The summed E-state index contributed by atoms with van der Waals surface area (Å²) in [5.74, 6) is 0.124. The summed E-state index contributed by atoms with van der Waals surface area (Å²) >= 11 is 0. The van der Waals surface area contributed by atoms with Gasteiger partial charge < -0.3 is 10.1 Å². The van der Waals surface area contributed by atoms with Crippen molar-refractivity contribution in [1.82, 2.24) is 10.3 Å². The summed E-state index contributed by atoms with van der Waals surface area (Å²) in [6.45, 7) is 1.76. The number of nitrogens with zero attached hydrogens (tertiary/aromatic N) is 2. The van der Waals surface area contributed by atoms with E-state index in [2.05, 4.69) is 10.3 Å². The maximum Gasteiger partial charge on any atom is 0.330 e. The number of piperidine rings is 1. The number of nitro groups is 1. The van der Waals surface area contributed by atoms with Crippen molar-refractivity contribution in [2.75, 3.05) is 13.1 Å². The zero-order chi connectivity index (χ0) is 11.4. The van der Waals surface area contributed by atoms with Crippen LogP contribution in [0.5, 0.6) is 5.88 Å². The molecule has 0 amide bonds. The Morgan fingerprint density at radius 1 is 1.50 bits per heavy atom. The first-order valence-corrected chi connectivity index (χ1v) is 5.24. The molecule has 6 nitrogen and oxygen atoms in total. The van der Waals surface area contributed by atoms with E-state index in [-0.39, 0.29) is 17.7 Å². The quantitative estimate of drug-likeness (QED) is 0.613. The van der Waals surface area contributed by atoms with Crippen LogP contribution in [0.25, 0.3) is 0 Å². The highest BCUT2D eigenvalue weighted by molar-refractivity contribution is 5.39. The molecule has 0 aliphatic carbocycles. The molecule has 0 unspecified atom stereocenters. The minimum Gasteiger partial charge on any atom is -0.469 e.